The van der Waals surface area contributed by atoms with Crippen molar-refractivity contribution >= 4 is 39.0 Å². The fourth-order valence-electron chi connectivity index (χ4n) is 4.51. The van der Waals surface area contributed by atoms with Gasteiger partial charge in [0.2, 0.25) is 0 Å². The van der Waals surface area contributed by atoms with Gasteiger partial charge in [0, 0.05) is 64.8 Å². The van der Waals surface area contributed by atoms with Crippen LogP contribution in [-0.4, -0.2) is 43.7 Å². The van der Waals surface area contributed by atoms with E-state index in [2.05, 4.69) is 47.2 Å². The number of hydrogen-bond acceptors (Lipinski definition) is 5. The zero-order chi connectivity index (χ0) is 24.1. The number of methoxy groups -OCH3 is 2. The average molecular weight is 478 g/mol. The largest absolute Gasteiger partial charge is 0.496 e. The quantitative estimate of drug-likeness (QED) is 0.278. The highest BCUT2D eigenvalue weighted by atomic mass is 35.5. The van der Waals surface area contributed by atoms with Gasteiger partial charge < -0.3 is 14.8 Å². The number of pyridine rings is 1. The molecule has 0 saturated carbocycles. The molecule has 0 radical (unpaired) electrons. The fourth-order valence-corrected chi connectivity index (χ4v) is 4.68. The Bertz CT molecular complexity index is 1280. The lowest BCUT2D eigenvalue weighted by Crippen LogP contribution is -2.32. The lowest BCUT2D eigenvalue weighted by atomic mass is 10.0. The van der Waals surface area contributed by atoms with Crippen LogP contribution in [0, 0.1) is 5.92 Å². The molecule has 0 aliphatic carbocycles. The van der Waals surface area contributed by atoms with E-state index in [9.17, 15) is 0 Å². The summed E-state index contributed by atoms with van der Waals surface area (Å²) >= 11 is 6.14. The van der Waals surface area contributed by atoms with Crippen molar-refractivity contribution in [3.63, 3.8) is 0 Å². The second-order valence-corrected chi connectivity index (χ2v) is 9.33. The summed E-state index contributed by atoms with van der Waals surface area (Å²) in [6.45, 7) is 7.94. The second-order valence-electron chi connectivity index (χ2n) is 8.89. The average Bonchev–Trinajstić information content (AvgIpc) is 2.83. The number of benzene rings is 3. The van der Waals surface area contributed by atoms with E-state index in [1.165, 1.54) is 0 Å². The van der Waals surface area contributed by atoms with Crippen LogP contribution in [0.5, 0.6) is 11.5 Å². The first-order valence-electron chi connectivity index (χ1n) is 11.6. The SMILES string of the molecule is COc1cc(CN(CCNc2ccnc3cc(Cl)ccc23)CC(C)C)c(OC)c2ccccc12. The molecule has 0 aliphatic heterocycles. The molecule has 0 saturated heterocycles. The van der Waals surface area contributed by atoms with Crippen LogP contribution in [-0.2, 0) is 6.54 Å². The van der Waals surface area contributed by atoms with Gasteiger partial charge in [-0.25, -0.2) is 0 Å². The summed E-state index contributed by atoms with van der Waals surface area (Å²) in [7, 11) is 3.47. The summed E-state index contributed by atoms with van der Waals surface area (Å²) in [6, 6.07) is 18.2. The van der Waals surface area contributed by atoms with Crippen molar-refractivity contribution in [1.29, 1.82) is 0 Å². The minimum atomic E-state index is 0.539. The Morgan fingerprint density at radius 1 is 0.971 bits per heavy atom. The van der Waals surface area contributed by atoms with Gasteiger partial charge in [-0.05, 0) is 36.2 Å². The maximum Gasteiger partial charge on any atom is 0.131 e. The molecule has 1 N–H and O–H groups in total. The van der Waals surface area contributed by atoms with Gasteiger partial charge in [0.15, 0.2) is 0 Å². The highest BCUT2D eigenvalue weighted by Gasteiger charge is 2.17. The van der Waals surface area contributed by atoms with E-state index in [-0.39, 0.29) is 0 Å². The van der Waals surface area contributed by atoms with Gasteiger partial charge in [0.05, 0.1) is 19.7 Å². The molecule has 0 atom stereocenters. The van der Waals surface area contributed by atoms with E-state index in [0.717, 1.165) is 70.6 Å². The molecular formula is C28H32ClN3O2. The van der Waals surface area contributed by atoms with Crippen molar-refractivity contribution in [2.45, 2.75) is 20.4 Å². The second kappa shape index (κ2) is 10.9. The highest BCUT2D eigenvalue weighted by Crippen LogP contribution is 2.37. The fraction of sp³-hybridized carbons (Fsp3) is 0.321. The van der Waals surface area contributed by atoms with Crippen LogP contribution >= 0.6 is 11.6 Å². The zero-order valence-corrected chi connectivity index (χ0v) is 21.0. The highest BCUT2D eigenvalue weighted by molar-refractivity contribution is 6.31. The van der Waals surface area contributed by atoms with Crippen molar-refractivity contribution in [3.05, 3.63) is 71.4 Å². The summed E-state index contributed by atoms with van der Waals surface area (Å²) < 4.78 is 11.6. The number of fused-ring (bicyclic) bond motifs is 2. The first-order valence-corrected chi connectivity index (χ1v) is 12.0. The van der Waals surface area contributed by atoms with E-state index >= 15 is 0 Å². The Labute approximate surface area is 206 Å². The molecule has 0 amide bonds. The molecule has 1 aromatic heterocycles. The molecular weight excluding hydrogens is 446 g/mol. The lowest BCUT2D eigenvalue weighted by Gasteiger charge is -2.26. The molecule has 4 rings (SSSR count). The van der Waals surface area contributed by atoms with Gasteiger partial charge >= 0.3 is 0 Å². The van der Waals surface area contributed by atoms with Crippen LogP contribution in [0.1, 0.15) is 19.4 Å². The molecule has 3 aromatic carbocycles. The van der Waals surface area contributed by atoms with Crippen LogP contribution in [0.15, 0.2) is 60.8 Å². The Kier molecular flexibility index (Phi) is 7.76. The number of aromatic nitrogens is 1. The van der Waals surface area contributed by atoms with Gasteiger partial charge in [0.25, 0.3) is 0 Å². The maximum atomic E-state index is 6.14. The normalized spacial score (nSPS) is 11.5. The van der Waals surface area contributed by atoms with Crippen molar-refractivity contribution in [1.82, 2.24) is 9.88 Å². The molecule has 5 nitrogen and oxygen atoms in total. The number of ether oxygens (including phenoxy) is 2. The topological polar surface area (TPSA) is 46.6 Å². The van der Waals surface area contributed by atoms with Crippen LogP contribution in [0.2, 0.25) is 5.02 Å². The van der Waals surface area contributed by atoms with E-state index in [4.69, 9.17) is 21.1 Å². The Hall–Kier alpha value is -3.02. The minimum Gasteiger partial charge on any atom is -0.496 e. The van der Waals surface area contributed by atoms with Crippen LogP contribution in [0.25, 0.3) is 21.7 Å². The predicted molar refractivity (Wildman–Crippen MR) is 142 cm³/mol. The molecule has 1 heterocycles. The number of halogens is 1. The lowest BCUT2D eigenvalue weighted by molar-refractivity contribution is 0.241. The molecule has 34 heavy (non-hydrogen) atoms. The van der Waals surface area contributed by atoms with Crippen molar-refractivity contribution in [2.24, 2.45) is 5.92 Å². The summed E-state index contributed by atoms with van der Waals surface area (Å²) in [6.07, 6.45) is 1.82. The molecule has 0 aliphatic rings. The number of rotatable bonds is 10. The van der Waals surface area contributed by atoms with Crippen LogP contribution in [0.4, 0.5) is 5.69 Å². The monoisotopic (exact) mass is 477 g/mol. The molecule has 0 spiro atoms. The Morgan fingerprint density at radius 3 is 2.50 bits per heavy atom. The first kappa shape index (κ1) is 24.1. The Morgan fingerprint density at radius 2 is 1.76 bits per heavy atom. The van der Waals surface area contributed by atoms with Crippen molar-refractivity contribution in [2.75, 3.05) is 39.2 Å². The smallest absolute Gasteiger partial charge is 0.131 e. The third-order valence-corrected chi connectivity index (χ3v) is 6.16. The molecule has 178 valence electrons. The minimum absolute atomic E-state index is 0.539. The van der Waals surface area contributed by atoms with Crippen molar-refractivity contribution in [3.8, 4) is 11.5 Å². The van der Waals surface area contributed by atoms with E-state index < -0.39 is 0 Å². The van der Waals surface area contributed by atoms with Crippen molar-refractivity contribution < 1.29 is 9.47 Å². The number of nitrogens with one attached hydrogen (secondary N) is 1. The number of hydrogen-bond donors (Lipinski definition) is 1. The van der Waals surface area contributed by atoms with Gasteiger partial charge in [-0.1, -0.05) is 49.7 Å². The summed E-state index contributed by atoms with van der Waals surface area (Å²) in [5.41, 5.74) is 3.09. The van der Waals surface area contributed by atoms with Gasteiger partial charge in [-0.15, -0.1) is 0 Å². The summed E-state index contributed by atoms with van der Waals surface area (Å²) in [5, 5.41) is 7.50. The van der Waals surface area contributed by atoms with Gasteiger partial charge in [-0.2, -0.15) is 0 Å². The van der Waals surface area contributed by atoms with Gasteiger partial charge in [-0.3, -0.25) is 9.88 Å². The molecule has 0 fully saturated rings. The summed E-state index contributed by atoms with van der Waals surface area (Å²) in [5.74, 6) is 2.32. The van der Waals surface area contributed by atoms with E-state index in [1.807, 2.05) is 42.6 Å². The van der Waals surface area contributed by atoms with Crippen LogP contribution in [0.3, 0.4) is 0 Å². The zero-order valence-electron chi connectivity index (χ0n) is 20.3. The maximum absolute atomic E-state index is 6.14. The van der Waals surface area contributed by atoms with Crippen LogP contribution < -0.4 is 14.8 Å². The molecule has 4 aromatic rings. The van der Waals surface area contributed by atoms with E-state index in [0.29, 0.717) is 10.9 Å². The standard InChI is InChI=1S/C28H32ClN3O2/c1-19(2)17-32(14-13-31-25-11-12-30-26-16-21(29)9-10-24(25)26)18-20-15-27(33-3)22-7-5-6-8-23(22)28(20)34-4/h5-12,15-16,19H,13-14,17-18H2,1-4H3,(H,30,31). The van der Waals surface area contributed by atoms with Gasteiger partial charge in [0.1, 0.15) is 11.5 Å². The molecule has 0 unspecified atom stereocenters. The first-order chi connectivity index (χ1) is 16.5. The Balaban J connectivity index is 1.55. The summed E-state index contributed by atoms with van der Waals surface area (Å²) in [4.78, 5) is 6.90. The van der Waals surface area contributed by atoms with E-state index in [1.54, 1.807) is 14.2 Å². The molecule has 6 heteroatoms. The third kappa shape index (κ3) is 5.37. The number of anilines is 1. The predicted octanol–water partition coefficient (Wildman–Crippen LogP) is 6.63. The number of nitrogens with zero attached hydrogens (tertiary/aromatic N) is 2. The molecule has 0 bridgehead atoms. The third-order valence-electron chi connectivity index (χ3n) is 5.92.